The summed E-state index contributed by atoms with van der Waals surface area (Å²) in [5.41, 5.74) is 1.96. The molecule has 1 N–H and O–H groups in total. The van der Waals surface area contributed by atoms with Crippen molar-refractivity contribution in [1.29, 1.82) is 0 Å². The number of halogens is 1. The van der Waals surface area contributed by atoms with Gasteiger partial charge in [-0.15, -0.1) is 0 Å². The molecule has 2 aromatic rings. The highest BCUT2D eigenvalue weighted by molar-refractivity contribution is 5.65. The van der Waals surface area contributed by atoms with Crippen LogP contribution in [0.15, 0.2) is 35.4 Å². The van der Waals surface area contributed by atoms with Crippen LogP contribution >= 0.6 is 0 Å². The van der Waals surface area contributed by atoms with Crippen molar-refractivity contribution in [3.8, 4) is 11.1 Å². The van der Waals surface area contributed by atoms with Crippen molar-refractivity contribution in [1.82, 2.24) is 9.97 Å². The standard InChI is InChI=1S/C11H9FN2O/c1-7-2-3-9(12)4-10(7)8-5-13-11(15)14-6-8/h2-6H,1H3,(H,13,14,15). The highest BCUT2D eigenvalue weighted by Crippen LogP contribution is 2.21. The van der Waals surface area contributed by atoms with Crippen LogP contribution in [0.2, 0.25) is 0 Å². The van der Waals surface area contributed by atoms with E-state index in [4.69, 9.17) is 0 Å². The van der Waals surface area contributed by atoms with Gasteiger partial charge in [0.15, 0.2) is 0 Å². The van der Waals surface area contributed by atoms with E-state index >= 15 is 0 Å². The van der Waals surface area contributed by atoms with Gasteiger partial charge in [0, 0.05) is 18.0 Å². The summed E-state index contributed by atoms with van der Waals surface area (Å²) in [6.45, 7) is 1.87. The fourth-order valence-electron chi connectivity index (χ4n) is 1.39. The Bertz CT molecular complexity index is 528. The monoisotopic (exact) mass is 204 g/mol. The number of hydrogen-bond donors (Lipinski definition) is 1. The lowest BCUT2D eigenvalue weighted by Gasteiger charge is -2.04. The molecule has 76 valence electrons. The summed E-state index contributed by atoms with van der Waals surface area (Å²) in [4.78, 5) is 16.8. The van der Waals surface area contributed by atoms with Crippen LogP contribution in [-0.4, -0.2) is 9.97 Å². The van der Waals surface area contributed by atoms with Crippen molar-refractivity contribution in [3.05, 3.63) is 52.5 Å². The first-order valence-electron chi connectivity index (χ1n) is 4.48. The van der Waals surface area contributed by atoms with Gasteiger partial charge in [0.1, 0.15) is 5.82 Å². The predicted molar refractivity (Wildman–Crippen MR) is 55.0 cm³/mol. The predicted octanol–water partition coefficient (Wildman–Crippen LogP) is 1.88. The van der Waals surface area contributed by atoms with Crippen LogP contribution in [0.25, 0.3) is 11.1 Å². The molecular weight excluding hydrogens is 195 g/mol. The van der Waals surface area contributed by atoms with Crippen molar-refractivity contribution < 1.29 is 4.39 Å². The quantitative estimate of drug-likeness (QED) is 0.770. The van der Waals surface area contributed by atoms with E-state index in [-0.39, 0.29) is 5.82 Å². The van der Waals surface area contributed by atoms with Crippen LogP contribution in [-0.2, 0) is 0 Å². The van der Waals surface area contributed by atoms with Crippen molar-refractivity contribution in [2.75, 3.05) is 0 Å². The first-order valence-corrected chi connectivity index (χ1v) is 4.48. The SMILES string of the molecule is Cc1ccc(F)cc1-c1cnc(=O)[nH]c1. The zero-order chi connectivity index (χ0) is 10.8. The topological polar surface area (TPSA) is 45.8 Å². The molecule has 0 spiro atoms. The Morgan fingerprint density at radius 3 is 2.87 bits per heavy atom. The normalized spacial score (nSPS) is 10.3. The second-order valence-corrected chi connectivity index (χ2v) is 3.27. The number of aryl methyl sites for hydroxylation is 1. The third-order valence-corrected chi connectivity index (χ3v) is 2.18. The van der Waals surface area contributed by atoms with Crippen LogP contribution < -0.4 is 5.69 Å². The van der Waals surface area contributed by atoms with Crippen LogP contribution in [0, 0.1) is 12.7 Å². The zero-order valence-corrected chi connectivity index (χ0v) is 8.12. The summed E-state index contributed by atoms with van der Waals surface area (Å²) in [6, 6.07) is 4.51. The van der Waals surface area contributed by atoms with Gasteiger partial charge < -0.3 is 4.98 Å². The second-order valence-electron chi connectivity index (χ2n) is 3.27. The van der Waals surface area contributed by atoms with Gasteiger partial charge in [-0.3, -0.25) is 0 Å². The minimum Gasteiger partial charge on any atom is -0.312 e. The molecule has 15 heavy (non-hydrogen) atoms. The molecule has 0 amide bonds. The van der Waals surface area contributed by atoms with Gasteiger partial charge in [0.05, 0.1) is 0 Å². The number of aromatic nitrogens is 2. The highest BCUT2D eigenvalue weighted by atomic mass is 19.1. The number of rotatable bonds is 1. The molecule has 4 heteroatoms. The van der Waals surface area contributed by atoms with E-state index in [0.717, 1.165) is 11.1 Å². The van der Waals surface area contributed by atoms with Crippen molar-refractivity contribution in [3.63, 3.8) is 0 Å². The van der Waals surface area contributed by atoms with Gasteiger partial charge >= 0.3 is 5.69 Å². The van der Waals surface area contributed by atoms with Crippen LogP contribution in [0.1, 0.15) is 5.56 Å². The molecule has 0 radical (unpaired) electrons. The summed E-state index contributed by atoms with van der Waals surface area (Å²) in [5.74, 6) is -0.304. The molecule has 0 aliphatic carbocycles. The minimum atomic E-state index is -0.409. The molecule has 0 aliphatic heterocycles. The smallest absolute Gasteiger partial charge is 0.312 e. The number of nitrogens with zero attached hydrogens (tertiary/aromatic N) is 1. The first-order chi connectivity index (χ1) is 7.16. The van der Waals surface area contributed by atoms with E-state index < -0.39 is 5.69 Å². The second kappa shape index (κ2) is 3.65. The molecule has 0 saturated heterocycles. The number of aromatic amines is 1. The Balaban J connectivity index is 2.58. The average molecular weight is 204 g/mol. The lowest BCUT2D eigenvalue weighted by atomic mass is 10.0. The lowest BCUT2D eigenvalue weighted by Crippen LogP contribution is -2.08. The van der Waals surface area contributed by atoms with Gasteiger partial charge in [-0.25, -0.2) is 14.2 Å². The lowest BCUT2D eigenvalue weighted by molar-refractivity contribution is 0.628. The van der Waals surface area contributed by atoms with Crippen LogP contribution in [0.3, 0.4) is 0 Å². The number of H-pyrrole nitrogens is 1. The Morgan fingerprint density at radius 2 is 2.20 bits per heavy atom. The van der Waals surface area contributed by atoms with Gasteiger partial charge in [-0.1, -0.05) is 6.07 Å². The summed E-state index contributed by atoms with van der Waals surface area (Å²) < 4.78 is 13.0. The molecule has 3 nitrogen and oxygen atoms in total. The fourth-order valence-corrected chi connectivity index (χ4v) is 1.39. The molecule has 0 aliphatic rings. The highest BCUT2D eigenvalue weighted by Gasteiger charge is 2.03. The summed E-state index contributed by atoms with van der Waals surface area (Å²) in [7, 11) is 0. The first kappa shape index (κ1) is 9.58. The van der Waals surface area contributed by atoms with Crippen molar-refractivity contribution in [2.24, 2.45) is 0 Å². The molecule has 0 bridgehead atoms. The molecule has 1 heterocycles. The number of nitrogens with one attached hydrogen (secondary N) is 1. The molecule has 0 saturated carbocycles. The van der Waals surface area contributed by atoms with Gasteiger partial charge in [-0.05, 0) is 30.2 Å². The summed E-state index contributed by atoms with van der Waals surface area (Å²) in [5, 5.41) is 0. The van der Waals surface area contributed by atoms with Crippen molar-refractivity contribution >= 4 is 0 Å². The maximum atomic E-state index is 13.0. The molecular formula is C11H9FN2O. The summed E-state index contributed by atoms with van der Waals surface area (Å²) in [6.07, 6.45) is 2.96. The molecule has 0 fully saturated rings. The summed E-state index contributed by atoms with van der Waals surface area (Å²) >= 11 is 0. The third kappa shape index (κ3) is 1.93. The Labute approximate surface area is 85.6 Å². The fraction of sp³-hybridized carbons (Fsp3) is 0.0909. The molecule has 1 aromatic carbocycles. The average Bonchev–Trinajstić information content (AvgIpc) is 2.23. The van der Waals surface area contributed by atoms with E-state index in [2.05, 4.69) is 9.97 Å². The molecule has 0 unspecified atom stereocenters. The Hall–Kier alpha value is -1.97. The zero-order valence-electron chi connectivity index (χ0n) is 8.12. The van der Waals surface area contributed by atoms with E-state index in [1.807, 2.05) is 6.92 Å². The third-order valence-electron chi connectivity index (χ3n) is 2.18. The maximum Gasteiger partial charge on any atom is 0.344 e. The number of benzene rings is 1. The van der Waals surface area contributed by atoms with Gasteiger partial charge in [-0.2, -0.15) is 0 Å². The minimum absolute atomic E-state index is 0.304. The largest absolute Gasteiger partial charge is 0.344 e. The van der Waals surface area contributed by atoms with E-state index in [1.165, 1.54) is 24.5 Å². The van der Waals surface area contributed by atoms with Crippen molar-refractivity contribution in [2.45, 2.75) is 6.92 Å². The Kier molecular flexibility index (Phi) is 2.33. The van der Waals surface area contributed by atoms with Gasteiger partial charge in [0.25, 0.3) is 0 Å². The molecule has 1 aromatic heterocycles. The van der Waals surface area contributed by atoms with Crippen LogP contribution in [0.4, 0.5) is 4.39 Å². The van der Waals surface area contributed by atoms with E-state index in [1.54, 1.807) is 6.07 Å². The molecule has 0 atom stereocenters. The van der Waals surface area contributed by atoms with E-state index in [0.29, 0.717) is 5.56 Å². The van der Waals surface area contributed by atoms with E-state index in [9.17, 15) is 9.18 Å². The van der Waals surface area contributed by atoms with Crippen LogP contribution in [0.5, 0.6) is 0 Å². The number of hydrogen-bond acceptors (Lipinski definition) is 2. The molecule has 2 rings (SSSR count). The van der Waals surface area contributed by atoms with Gasteiger partial charge in [0.2, 0.25) is 0 Å². The Morgan fingerprint density at radius 1 is 1.40 bits per heavy atom. The maximum absolute atomic E-state index is 13.0.